The van der Waals surface area contributed by atoms with Gasteiger partial charge in [-0.25, -0.2) is 0 Å². The van der Waals surface area contributed by atoms with Crippen LogP contribution in [0.5, 0.6) is 0 Å². The van der Waals surface area contributed by atoms with Gasteiger partial charge in [0.15, 0.2) is 0 Å². The van der Waals surface area contributed by atoms with Crippen molar-refractivity contribution in [1.82, 2.24) is 0 Å². The zero-order valence-electron chi connectivity index (χ0n) is 8.88. The predicted molar refractivity (Wildman–Crippen MR) is 57.3 cm³/mol. The van der Waals surface area contributed by atoms with E-state index in [0.29, 0.717) is 0 Å². The lowest BCUT2D eigenvalue weighted by Crippen LogP contribution is -2.17. The molecule has 0 saturated carbocycles. The normalized spacial score (nSPS) is 20.9. The Morgan fingerprint density at radius 1 is 1.57 bits per heavy atom. The van der Waals surface area contributed by atoms with Gasteiger partial charge in [0.05, 0.1) is 6.26 Å². The maximum Gasteiger partial charge on any atom is 0.107 e. The van der Waals surface area contributed by atoms with Gasteiger partial charge in [-0.1, -0.05) is 6.92 Å². The molecule has 1 unspecified atom stereocenters. The van der Waals surface area contributed by atoms with Crippen LogP contribution in [0.25, 0.3) is 0 Å². The first-order valence-corrected chi connectivity index (χ1v) is 5.63. The van der Waals surface area contributed by atoms with Crippen molar-refractivity contribution in [2.24, 2.45) is 11.7 Å². The van der Waals surface area contributed by atoms with E-state index in [0.717, 1.165) is 31.7 Å². The highest BCUT2D eigenvalue weighted by atomic mass is 16.3. The van der Waals surface area contributed by atoms with Gasteiger partial charge in [-0.2, -0.15) is 0 Å². The molecule has 2 rings (SSSR count). The molecule has 0 aromatic carbocycles. The number of hydrogen-bond acceptors (Lipinski definition) is 2. The molecule has 2 nitrogen and oxygen atoms in total. The molecule has 1 aromatic heterocycles. The topological polar surface area (TPSA) is 39.2 Å². The summed E-state index contributed by atoms with van der Waals surface area (Å²) in [6.07, 6.45) is 7.76. The highest BCUT2D eigenvalue weighted by molar-refractivity contribution is 5.30. The minimum Gasteiger partial charge on any atom is -0.469 e. The van der Waals surface area contributed by atoms with Gasteiger partial charge in [-0.3, -0.25) is 0 Å². The molecule has 0 spiro atoms. The Morgan fingerprint density at radius 3 is 3.14 bits per heavy atom. The number of furan rings is 1. The monoisotopic (exact) mass is 193 g/mol. The molecule has 0 bridgehead atoms. The zero-order valence-corrected chi connectivity index (χ0v) is 8.88. The van der Waals surface area contributed by atoms with Crippen LogP contribution in [0.3, 0.4) is 0 Å². The SMILES string of the molecule is CCc1coc2c1CCC(CCN)C2. The molecule has 78 valence electrons. The summed E-state index contributed by atoms with van der Waals surface area (Å²) >= 11 is 0. The Hall–Kier alpha value is -0.760. The van der Waals surface area contributed by atoms with Gasteiger partial charge >= 0.3 is 0 Å². The van der Waals surface area contributed by atoms with Gasteiger partial charge in [-0.05, 0) is 49.3 Å². The first kappa shape index (κ1) is 9.78. The quantitative estimate of drug-likeness (QED) is 0.800. The Morgan fingerprint density at radius 2 is 2.43 bits per heavy atom. The van der Waals surface area contributed by atoms with Crippen LogP contribution in [-0.4, -0.2) is 6.54 Å². The summed E-state index contributed by atoms with van der Waals surface area (Å²) in [4.78, 5) is 0. The third-order valence-electron chi connectivity index (χ3n) is 3.30. The van der Waals surface area contributed by atoms with Crippen LogP contribution in [-0.2, 0) is 19.3 Å². The molecular formula is C12H19NO. The summed E-state index contributed by atoms with van der Waals surface area (Å²) in [6.45, 7) is 3.00. The lowest BCUT2D eigenvalue weighted by Gasteiger charge is -2.20. The van der Waals surface area contributed by atoms with Gasteiger partial charge < -0.3 is 10.2 Å². The highest BCUT2D eigenvalue weighted by Crippen LogP contribution is 2.30. The van der Waals surface area contributed by atoms with Crippen LogP contribution in [0.2, 0.25) is 0 Å². The van der Waals surface area contributed by atoms with E-state index in [2.05, 4.69) is 6.92 Å². The molecule has 0 radical (unpaired) electrons. The summed E-state index contributed by atoms with van der Waals surface area (Å²) < 4.78 is 5.61. The fourth-order valence-electron chi connectivity index (χ4n) is 2.43. The van der Waals surface area contributed by atoms with Gasteiger partial charge in [0, 0.05) is 6.42 Å². The Kier molecular flexibility index (Phi) is 2.92. The molecule has 1 atom stereocenters. The predicted octanol–water partition coefficient (Wildman–Crippen LogP) is 2.30. The van der Waals surface area contributed by atoms with Crippen LogP contribution < -0.4 is 5.73 Å². The fourth-order valence-corrected chi connectivity index (χ4v) is 2.43. The average molecular weight is 193 g/mol. The number of rotatable bonds is 3. The highest BCUT2D eigenvalue weighted by Gasteiger charge is 2.22. The Bertz CT molecular complexity index is 303. The lowest BCUT2D eigenvalue weighted by atomic mass is 9.85. The van der Waals surface area contributed by atoms with Gasteiger partial charge in [-0.15, -0.1) is 0 Å². The molecular weight excluding hydrogens is 174 g/mol. The summed E-state index contributed by atoms with van der Waals surface area (Å²) in [7, 11) is 0. The van der Waals surface area contributed by atoms with E-state index in [1.54, 1.807) is 0 Å². The van der Waals surface area contributed by atoms with Crippen LogP contribution in [0.15, 0.2) is 10.7 Å². The molecule has 1 aliphatic rings. The largest absolute Gasteiger partial charge is 0.469 e. The maximum absolute atomic E-state index is 5.61. The minimum absolute atomic E-state index is 0.753. The molecule has 14 heavy (non-hydrogen) atoms. The Labute approximate surface area is 85.5 Å². The zero-order chi connectivity index (χ0) is 9.97. The standard InChI is InChI=1S/C12H19NO/c1-2-10-8-14-12-7-9(5-6-13)3-4-11(10)12/h8-9H,2-7,13H2,1H3. The molecule has 0 amide bonds. The molecule has 0 fully saturated rings. The number of hydrogen-bond donors (Lipinski definition) is 1. The smallest absolute Gasteiger partial charge is 0.107 e. The van der Waals surface area contributed by atoms with Crippen molar-refractivity contribution in [3.05, 3.63) is 23.2 Å². The summed E-state index contributed by atoms with van der Waals surface area (Å²) in [5, 5.41) is 0. The second kappa shape index (κ2) is 4.18. The van der Waals surface area contributed by atoms with Crippen molar-refractivity contribution >= 4 is 0 Å². The van der Waals surface area contributed by atoms with Crippen molar-refractivity contribution in [2.45, 2.75) is 39.0 Å². The first-order valence-electron chi connectivity index (χ1n) is 5.63. The average Bonchev–Trinajstić information content (AvgIpc) is 2.60. The van der Waals surface area contributed by atoms with Crippen molar-refractivity contribution in [1.29, 1.82) is 0 Å². The van der Waals surface area contributed by atoms with Gasteiger partial charge in [0.25, 0.3) is 0 Å². The number of aryl methyl sites for hydroxylation is 1. The minimum atomic E-state index is 0.753. The Balaban J connectivity index is 2.12. The summed E-state index contributed by atoms with van der Waals surface area (Å²) in [6, 6.07) is 0. The lowest BCUT2D eigenvalue weighted by molar-refractivity contribution is 0.376. The van der Waals surface area contributed by atoms with Crippen LogP contribution >= 0.6 is 0 Å². The molecule has 2 N–H and O–H groups in total. The van der Waals surface area contributed by atoms with Gasteiger partial charge in [0.2, 0.25) is 0 Å². The van der Waals surface area contributed by atoms with Crippen LogP contribution in [0.4, 0.5) is 0 Å². The van der Waals surface area contributed by atoms with E-state index < -0.39 is 0 Å². The molecule has 2 heteroatoms. The van der Waals surface area contributed by atoms with E-state index in [1.807, 2.05) is 6.26 Å². The van der Waals surface area contributed by atoms with Gasteiger partial charge in [0.1, 0.15) is 5.76 Å². The summed E-state index contributed by atoms with van der Waals surface area (Å²) in [5.41, 5.74) is 8.48. The van der Waals surface area contributed by atoms with E-state index in [-0.39, 0.29) is 0 Å². The van der Waals surface area contributed by atoms with Crippen molar-refractivity contribution in [2.75, 3.05) is 6.54 Å². The second-order valence-corrected chi connectivity index (χ2v) is 4.20. The van der Waals surface area contributed by atoms with E-state index in [9.17, 15) is 0 Å². The summed E-state index contributed by atoms with van der Waals surface area (Å²) in [5.74, 6) is 1.98. The molecule has 0 aliphatic heterocycles. The van der Waals surface area contributed by atoms with Crippen molar-refractivity contribution < 1.29 is 4.42 Å². The van der Waals surface area contributed by atoms with E-state index in [4.69, 9.17) is 10.2 Å². The molecule has 1 aliphatic carbocycles. The second-order valence-electron chi connectivity index (χ2n) is 4.20. The van der Waals surface area contributed by atoms with E-state index >= 15 is 0 Å². The van der Waals surface area contributed by atoms with Crippen LogP contribution in [0, 0.1) is 5.92 Å². The third-order valence-corrected chi connectivity index (χ3v) is 3.30. The number of fused-ring (bicyclic) bond motifs is 1. The van der Waals surface area contributed by atoms with Crippen LogP contribution in [0.1, 0.15) is 36.7 Å². The van der Waals surface area contributed by atoms with Crippen molar-refractivity contribution in [3.63, 3.8) is 0 Å². The molecule has 1 aromatic rings. The molecule has 1 heterocycles. The van der Waals surface area contributed by atoms with Crippen molar-refractivity contribution in [3.8, 4) is 0 Å². The number of nitrogens with two attached hydrogens (primary N) is 1. The maximum atomic E-state index is 5.61. The first-order chi connectivity index (χ1) is 6.85. The fraction of sp³-hybridized carbons (Fsp3) is 0.667. The third kappa shape index (κ3) is 1.71. The molecule has 0 saturated heterocycles. The van der Waals surface area contributed by atoms with E-state index in [1.165, 1.54) is 29.7 Å².